The summed E-state index contributed by atoms with van der Waals surface area (Å²) in [6.07, 6.45) is 5.51. The molecule has 0 spiro atoms. The summed E-state index contributed by atoms with van der Waals surface area (Å²) in [5.41, 5.74) is 3.39. The van der Waals surface area contributed by atoms with Crippen LogP contribution in [0.15, 0.2) is 60.9 Å². The molecule has 2 aromatic heterocycles. The largest absolute Gasteiger partial charge is 0.339 e. The maximum absolute atomic E-state index is 13.5. The van der Waals surface area contributed by atoms with Gasteiger partial charge < -0.3 is 14.4 Å². The molecule has 5 rings (SSSR count). The van der Waals surface area contributed by atoms with Gasteiger partial charge in [0.15, 0.2) is 0 Å². The highest BCUT2D eigenvalue weighted by molar-refractivity contribution is 5.93. The van der Waals surface area contributed by atoms with E-state index in [2.05, 4.69) is 60.7 Å². The number of carbonyl (C=O) groups excluding carboxylic acids is 1. The molecule has 3 aromatic rings. The van der Waals surface area contributed by atoms with Crippen LogP contribution in [0.3, 0.4) is 0 Å². The molecule has 2 aliphatic heterocycles. The Labute approximate surface area is 189 Å². The zero-order valence-corrected chi connectivity index (χ0v) is 18.4. The van der Waals surface area contributed by atoms with Crippen LogP contribution >= 0.6 is 0 Å². The first-order valence-corrected chi connectivity index (χ1v) is 11.5. The monoisotopic (exact) mass is 430 g/mol. The fourth-order valence-corrected chi connectivity index (χ4v) is 4.77. The van der Waals surface area contributed by atoms with Crippen LogP contribution < -0.4 is 4.90 Å². The molecule has 1 amide bonds. The molecule has 0 unspecified atom stereocenters. The van der Waals surface area contributed by atoms with Gasteiger partial charge in [-0.15, -0.1) is 0 Å². The maximum atomic E-state index is 13.5. The van der Waals surface area contributed by atoms with Gasteiger partial charge in [0.25, 0.3) is 5.91 Å². The second kappa shape index (κ2) is 9.53. The standard InChI is InChI=1S/C25H30N6O/c32-24(29-14-6-15-30(18-17-29)25-26-11-4-12-27-25)23-10-9-22-20-28(13-5-16-31(22)23)19-21-7-2-1-3-8-21/h1-4,7-12H,5-6,13-20H2. The Balaban J connectivity index is 1.26. The van der Waals surface area contributed by atoms with E-state index in [9.17, 15) is 4.79 Å². The molecular weight excluding hydrogens is 400 g/mol. The van der Waals surface area contributed by atoms with Crippen LogP contribution in [0.1, 0.15) is 34.6 Å². The number of anilines is 1. The van der Waals surface area contributed by atoms with Crippen molar-refractivity contribution in [1.82, 2.24) is 24.3 Å². The van der Waals surface area contributed by atoms with E-state index in [0.717, 1.165) is 70.3 Å². The lowest BCUT2D eigenvalue weighted by Gasteiger charge is -2.23. The van der Waals surface area contributed by atoms with Crippen molar-refractivity contribution in [3.8, 4) is 0 Å². The molecule has 0 saturated carbocycles. The van der Waals surface area contributed by atoms with Crippen molar-refractivity contribution in [2.24, 2.45) is 0 Å². The number of aromatic nitrogens is 3. The normalized spacial score (nSPS) is 17.5. The lowest BCUT2D eigenvalue weighted by Crippen LogP contribution is -2.36. The molecule has 1 fully saturated rings. The third-order valence-corrected chi connectivity index (χ3v) is 6.40. The predicted molar refractivity (Wildman–Crippen MR) is 124 cm³/mol. The van der Waals surface area contributed by atoms with Gasteiger partial charge in [-0.3, -0.25) is 9.69 Å². The Bertz CT molecular complexity index is 1040. The Kier molecular flexibility index (Phi) is 6.16. The average molecular weight is 431 g/mol. The lowest BCUT2D eigenvalue weighted by molar-refractivity contribution is 0.0755. The highest BCUT2D eigenvalue weighted by Crippen LogP contribution is 2.21. The minimum atomic E-state index is 0.142. The fraction of sp³-hybridized carbons (Fsp3) is 0.400. The van der Waals surface area contributed by atoms with E-state index in [1.165, 1.54) is 11.3 Å². The summed E-state index contributed by atoms with van der Waals surface area (Å²) < 4.78 is 2.25. The van der Waals surface area contributed by atoms with Crippen molar-refractivity contribution in [2.75, 3.05) is 37.6 Å². The Morgan fingerprint density at radius 1 is 0.812 bits per heavy atom. The van der Waals surface area contributed by atoms with Crippen LogP contribution in [0.2, 0.25) is 0 Å². The third kappa shape index (κ3) is 4.53. The molecule has 7 heteroatoms. The van der Waals surface area contributed by atoms with E-state index >= 15 is 0 Å². The van der Waals surface area contributed by atoms with Crippen LogP contribution in [-0.4, -0.2) is 63.0 Å². The molecular formula is C25H30N6O. The van der Waals surface area contributed by atoms with Gasteiger partial charge in [-0.25, -0.2) is 9.97 Å². The Hall–Kier alpha value is -3.19. The van der Waals surface area contributed by atoms with E-state index in [-0.39, 0.29) is 5.91 Å². The van der Waals surface area contributed by atoms with Crippen LogP contribution in [0.4, 0.5) is 5.95 Å². The number of rotatable bonds is 4. The summed E-state index contributed by atoms with van der Waals surface area (Å²) in [5.74, 6) is 0.889. The van der Waals surface area contributed by atoms with Gasteiger partial charge in [-0.2, -0.15) is 0 Å². The number of benzene rings is 1. The molecule has 4 heterocycles. The molecule has 0 N–H and O–H groups in total. The fourth-order valence-electron chi connectivity index (χ4n) is 4.77. The number of fused-ring (bicyclic) bond motifs is 1. The molecule has 0 bridgehead atoms. The topological polar surface area (TPSA) is 57.5 Å². The van der Waals surface area contributed by atoms with Crippen LogP contribution in [0, 0.1) is 0 Å². The second-order valence-corrected chi connectivity index (χ2v) is 8.59. The minimum absolute atomic E-state index is 0.142. The molecule has 1 saturated heterocycles. The van der Waals surface area contributed by atoms with Gasteiger partial charge in [-0.1, -0.05) is 30.3 Å². The van der Waals surface area contributed by atoms with Crippen LogP contribution in [0.25, 0.3) is 0 Å². The molecule has 1 aromatic carbocycles. The van der Waals surface area contributed by atoms with Crippen molar-refractivity contribution in [1.29, 1.82) is 0 Å². The summed E-state index contributed by atoms with van der Waals surface area (Å²) in [5, 5.41) is 0. The van der Waals surface area contributed by atoms with Crippen molar-refractivity contribution in [2.45, 2.75) is 32.5 Å². The lowest BCUT2D eigenvalue weighted by atomic mass is 10.2. The van der Waals surface area contributed by atoms with Gasteiger partial charge >= 0.3 is 0 Å². The van der Waals surface area contributed by atoms with Gasteiger partial charge in [0.2, 0.25) is 5.95 Å². The average Bonchev–Trinajstić information content (AvgIpc) is 2.99. The van der Waals surface area contributed by atoms with Crippen molar-refractivity contribution >= 4 is 11.9 Å². The van der Waals surface area contributed by atoms with Gasteiger partial charge in [0, 0.05) is 70.4 Å². The molecule has 32 heavy (non-hydrogen) atoms. The zero-order chi connectivity index (χ0) is 21.8. The molecule has 0 aliphatic carbocycles. The van der Waals surface area contributed by atoms with Crippen LogP contribution in [0.5, 0.6) is 0 Å². The van der Waals surface area contributed by atoms with E-state index < -0.39 is 0 Å². The summed E-state index contributed by atoms with van der Waals surface area (Å²) in [4.78, 5) is 28.8. The maximum Gasteiger partial charge on any atom is 0.270 e. The third-order valence-electron chi connectivity index (χ3n) is 6.40. The summed E-state index contributed by atoms with van der Waals surface area (Å²) >= 11 is 0. The molecule has 0 radical (unpaired) electrons. The van der Waals surface area contributed by atoms with Crippen molar-refractivity contribution in [3.05, 3.63) is 77.9 Å². The SMILES string of the molecule is O=C(c1ccc2n1CCCN(Cc1ccccc1)C2)N1CCCN(c2ncccn2)CC1. The van der Waals surface area contributed by atoms with Gasteiger partial charge in [-0.05, 0) is 36.6 Å². The first kappa shape index (κ1) is 20.7. The Morgan fingerprint density at radius 3 is 2.47 bits per heavy atom. The van der Waals surface area contributed by atoms with E-state index in [0.29, 0.717) is 6.54 Å². The number of nitrogens with zero attached hydrogens (tertiary/aromatic N) is 6. The van der Waals surface area contributed by atoms with E-state index in [4.69, 9.17) is 0 Å². The first-order chi connectivity index (χ1) is 15.8. The summed E-state index contributed by atoms with van der Waals surface area (Å²) in [6.45, 7) is 6.84. The van der Waals surface area contributed by atoms with Crippen LogP contribution in [-0.2, 0) is 19.6 Å². The second-order valence-electron chi connectivity index (χ2n) is 8.59. The number of carbonyl (C=O) groups is 1. The smallest absolute Gasteiger partial charge is 0.270 e. The van der Waals surface area contributed by atoms with E-state index in [1.54, 1.807) is 12.4 Å². The summed E-state index contributed by atoms with van der Waals surface area (Å²) in [7, 11) is 0. The van der Waals surface area contributed by atoms with E-state index in [1.807, 2.05) is 17.0 Å². The minimum Gasteiger partial charge on any atom is -0.339 e. The zero-order valence-electron chi connectivity index (χ0n) is 18.4. The highest BCUT2D eigenvalue weighted by atomic mass is 16.2. The number of hydrogen-bond donors (Lipinski definition) is 0. The molecule has 2 aliphatic rings. The number of amides is 1. The molecule has 7 nitrogen and oxygen atoms in total. The quantitative estimate of drug-likeness (QED) is 0.637. The molecule has 0 atom stereocenters. The van der Waals surface area contributed by atoms with Crippen molar-refractivity contribution < 1.29 is 4.79 Å². The molecule has 166 valence electrons. The highest BCUT2D eigenvalue weighted by Gasteiger charge is 2.26. The van der Waals surface area contributed by atoms with Gasteiger partial charge in [0.1, 0.15) is 5.69 Å². The van der Waals surface area contributed by atoms with Gasteiger partial charge in [0.05, 0.1) is 0 Å². The Morgan fingerprint density at radius 2 is 1.62 bits per heavy atom. The first-order valence-electron chi connectivity index (χ1n) is 11.5. The summed E-state index contributed by atoms with van der Waals surface area (Å²) in [6, 6.07) is 16.6. The predicted octanol–water partition coefficient (Wildman–Crippen LogP) is 3.04. The number of hydrogen-bond acceptors (Lipinski definition) is 5. The van der Waals surface area contributed by atoms with Crippen molar-refractivity contribution in [3.63, 3.8) is 0 Å².